The highest BCUT2D eigenvalue weighted by Crippen LogP contribution is 2.07. The first-order valence-corrected chi connectivity index (χ1v) is 7.96. The van der Waals surface area contributed by atoms with Gasteiger partial charge in [-0.1, -0.05) is 12.1 Å². The molecule has 1 aromatic carbocycles. The van der Waals surface area contributed by atoms with Crippen LogP contribution in [0.25, 0.3) is 10.9 Å². The molecule has 2 heterocycles. The van der Waals surface area contributed by atoms with Crippen LogP contribution in [0.15, 0.2) is 35.3 Å². The number of benzene rings is 1. The van der Waals surface area contributed by atoms with E-state index < -0.39 is 5.91 Å². The summed E-state index contributed by atoms with van der Waals surface area (Å²) in [4.78, 5) is 41.4. The molecule has 3 rings (SSSR count). The minimum Gasteiger partial charge on any atom is -0.360 e. The van der Waals surface area contributed by atoms with Crippen LogP contribution >= 0.6 is 12.4 Å². The number of carbonyl (C=O) groups is 2. The topological polar surface area (TPSA) is 94.3 Å². The molecule has 2 amide bonds. The number of carbonyl (C=O) groups excluding carboxylic acids is 2. The summed E-state index contributed by atoms with van der Waals surface area (Å²) >= 11 is 0. The number of hydrogen-bond donors (Lipinski definition) is 3. The van der Waals surface area contributed by atoms with Gasteiger partial charge in [0.15, 0.2) is 0 Å². The van der Waals surface area contributed by atoms with Gasteiger partial charge in [0.25, 0.3) is 5.91 Å². The summed E-state index contributed by atoms with van der Waals surface area (Å²) in [6.07, 6.45) is 1.39. The van der Waals surface area contributed by atoms with Gasteiger partial charge in [-0.2, -0.15) is 0 Å². The number of fused-ring (bicyclic) bond motifs is 1. The monoisotopic (exact) mass is 364 g/mol. The zero-order valence-electron chi connectivity index (χ0n) is 13.9. The van der Waals surface area contributed by atoms with Gasteiger partial charge in [-0.3, -0.25) is 14.4 Å². The Labute approximate surface area is 151 Å². The highest BCUT2D eigenvalue weighted by molar-refractivity contribution is 5.98. The van der Waals surface area contributed by atoms with Crippen LogP contribution in [0.4, 0.5) is 0 Å². The van der Waals surface area contributed by atoms with Crippen LogP contribution < -0.4 is 16.1 Å². The number of aromatic amines is 1. The fourth-order valence-corrected chi connectivity index (χ4v) is 2.86. The van der Waals surface area contributed by atoms with Crippen molar-refractivity contribution in [2.45, 2.75) is 13.0 Å². The number of amides is 2. The molecule has 1 aromatic heterocycles. The normalized spacial score (nSPS) is 17.0. The minimum absolute atomic E-state index is 0. The van der Waals surface area contributed by atoms with Crippen molar-refractivity contribution in [2.24, 2.45) is 0 Å². The van der Waals surface area contributed by atoms with Crippen LogP contribution in [0.3, 0.4) is 0 Å². The van der Waals surface area contributed by atoms with Crippen molar-refractivity contribution in [1.82, 2.24) is 20.5 Å². The second-order valence-corrected chi connectivity index (χ2v) is 5.95. The Balaban J connectivity index is 0.00000225. The first kappa shape index (κ1) is 19.0. The Kier molecular flexibility index (Phi) is 6.17. The fourth-order valence-electron chi connectivity index (χ4n) is 2.86. The molecule has 0 unspecified atom stereocenters. The van der Waals surface area contributed by atoms with Gasteiger partial charge in [-0.25, -0.2) is 0 Å². The fraction of sp³-hybridized carbons (Fsp3) is 0.353. The number of pyridine rings is 1. The number of nitrogens with zero attached hydrogens (tertiary/aromatic N) is 1. The molecular weight excluding hydrogens is 344 g/mol. The van der Waals surface area contributed by atoms with E-state index in [2.05, 4.69) is 15.6 Å². The van der Waals surface area contributed by atoms with Crippen LogP contribution in [0.2, 0.25) is 0 Å². The molecule has 0 bridgehead atoms. The maximum atomic E-state index is 12.4. The Morgan fingerprint density at radius 3 is 2.84 bits per heavy atom. The molecule has 0 saturated carbocycles. The summed E-state index contributed by atoms with van der Waals surface area (Å²) < 4.78 is 0. The van der Waals surface area contributed by atoms with Gasteiger partial charge >= 0.3 is 0 Å². The van der Waals surface area contributed by atoms with Crippen molar-refractivity contribution in [1.29, 1.82) is 0 Å². The molecule has 134 valence electrons. The van der Waals surface area contributed by atoms with Gasteiger partial charge < -0.3 is 20.5 Å². The lowest BCUT2D eigenvalue weighted by Gasteiger charge is -2.31. The molecule has 25 heavy (non-hydrogen) atoms. The number of aromatic nitrogens is 1. The van der Waals surface area contributed by atoms with Crippen molar-refractivity contribution in [3.05, 3.63) is 46.2 Å². The lowest BCUT2D eigenvalue weighted by atomic mass is 10.1. The summed E-state index contributed by atoms with van der Waals surface area (Å²) in [6.45, 7) is 3.87. The van der Waals surface area contributed by atoms with E-state index in [1.54, 1.807) is 23.1 Å². The minimum atomic E-state index is -0.543. The third kappa shape index (κ3) is 4.18. The Hall–Kier alpha value is -2.38. The van der Waals surface area contributed by atoms with E-state index in [4.69, 9.17) is 0 Å². The van der Waals surface area contributed by atoms with Crippen LogP contribution in [-0.4, -0.2) is 53.9 Å². The quantitative estimate of drug-likeness (QED) is 0.739. The molecule has 3 N–H and O–H groups in total. The number of rotatable bonds is 3. The maximum absolute atomic E-state index is 12.4. The SMILES string of the molecule is C[C@@H]1CN(C(=O)CNC(=O)c2c[nH]c3ccccc3c2=O)CCN1.Cl. The zero-order valence-corrected chi connectivity index (χ0v) is 14.7. The maximum Gasteiger partial charge on any atom is 0.257 e. The molecule has 1 fully saturated rings. The number of piperazine rings is 1. The number of hydrogen-bond acceptors (Lipinski definition) is 4. The molecule has 1 aliphatic heterocycles. The molecule has 1 aliphatic rings. The van der Waals surface area contributed by atoms with Crippen molar-refractivity contribution < 1.29 is 9.59 Å². The lowest BCUT2D eigenvalue weighted by molar-refractivity contribution is -0.131. The highest BCUT2D eigenvalue weighted by Gasteiger charge is 2.21. The molecule has 1 atom stereocenters. The Bertz CT molecular complexity index is 836. The van der Waals surface area contributed by atoms with Crippen molar-refractivity contribution >= 4 is 35.1 Å². The second-order valence-electron chi connectivity index (χ2n) is 5.95. The smallest absolute Gasteiger partial charge is 0.257 e. The molecule has 1 saturated heterocycles. The molecule has 0 spiro atoms. The standard InChI is InChI=1S/C17H20N4O3.ClH/c1-11-10-21(7-6-18-11)15(22)9-20-17(24)13-8-19-14-5-3-2-4-12(14)16(13)23;/h2-5,8,11,18H,6-7,9-10H2,1H3,(H,19,23)(H,20,24);1H/t11-;/m1./s1. The van der Waals surface area contributed by atoms with Gasteiger partial charge in [0.2, 0.25) is 11.3 Å². The predicted octanol–water partition coefficient (Wildman–Crippen LogP) is 0.500. The summed E-state index contributed by atoms with van der Waals surface area (Å²) in [5.41, 5.74) is 0.338. The summed E-state index contributed by atoms with van der Waals surface area (Å²) in [5.74, 6) is -0.688. The zero-order chi connectivity index (χ0) is 17.1. The average Bonchev–Trinajstić information content (AvgIpc) is 2.60. The average molecular weight is 365 g/mol. The van der Waals surface area contributed by atoms with Crippen LogP contribution in [0.1, 0.15) is 17.3 Å². The third-order valence-electron chi connectivity index (χ3n) is 4.15. The number of H-pyrrole nitrogens is 1. The van der Waals surface area contributed by atoms with E-state index in [1.165, 1.54) is 6.20 Å². The lowest BCUT2D eigenvalue weighted by Crippen LogP contribution is -2.53. The molecule has 7 nitrogen and oxygen atoms in total. The second kappa shape index (κ2) is 8.13. The van der Waals surface area contributed by atoms with E-state index in [0.29, 0.717) is 24.0 Å². The predicted molar refractivity (Wildman–Crippen MR) is 98.2 cm³/mol. The Morgan fingerprint density at radius 2 is 2.08 bits per heavy atom. The first-order valence-electron chi connectivity index (χ1n) is 7.96. The van der Waals surface area contributed by atoms with Crippen LogP contribution in [-0.2, 0) is 4.79 Å². The van der Waals surface area contributed by atoms with E-state index >= 15 is 0 Å². The van der Waals surface area contributed by atoms with Crippen molar-refractivity contribution in [3.63, 3.8) is 0 Å². The van der Waals surface area contributed by atoms with E-state index in [-0.39, 0.29) is 41.9 Å². The van der Waals surface area contributed by atoms with Crippen LogP contribution in [0.5, 0.6) is 0 Å². The Morgan fingerprint density at radius 1 is 1.32 bits per heavy atom. The van der Waals surface area contributed by atoms with Crippen molar-refractivity contribution in [3.8, 4) is 0 Å². The summed E-state index contributed by atoms with van der Waals surface area (Å²) in [6, 6.07) is 7.23. The van der Waals surface area contributed by atoms with Gasteiger partial charge in [0.1, 0.15) is 5.56 Å². The van der Waals surface area contributed by atoms with E-state index in [9.17, 15) is 14.4 Å². The highest BCUT2D eigenvalue weighted by atomic mass is 35.5. The number of para-hydroxylation sites is 1. The van der Waals surface area contributed by atoms with Gasteiger partial charge in [0.05, 0.1) is 6.54 Å². The molecule has 8 heteroatoms. The summed E-state index contributed by atoms with van der Waals surface area (Å²) in [5, 5.41) is 6.25. The number of nitrogens with one attached hydrogen (secondary N) is 3. The van der Waals surface area contributed by atoms with Crippen LogP contribution in [0, 0.1) is 0 Å². The van der Waals surface area contributed by atoms with E-state index in [1.807, 2.05) is 13.0 Å². The van der Waals surface area contributed by atoms with Gasteiger partial charge in [0, 0.05) is 42.8 Å². The van der Waals surface area contributed by atoms with Crippen molar-refractivity contribution in [2.75, 3.05) is 26.2 Å². The van der Waals surface area contributed by atoms with Gasteiger partial charge in [-0.15, -0.1) is 12.4 Å². The first-order chi connectivity index (χ1) is 11.6. The van der Waals surface area contributed by atoms with Gasteiger partial charge in [-0.05, 0) is 19.1 Å². The summed E-state index contributed by atoms with van der Waals surface area (Å²) in [7, 11) is 0. The third-order valence-corrected chi connectivity index (χ3v) is 4.15. The molecule has 0 radical (unpaired) electrons. The largest absolute Gasteiger partial charge is 0.360 e. The molecule has 0 aliphatic carbocycles. The molecule has 2 aromatic rings. The molecular formula is C17H21ClN4O3. The van der Waals surface area contributed by atoms with E-state index in [0.717, 1.165) is 6.54 Å². The number of halogens is 1.